The second-order valence-corrected chi connectivity index (χ2v) is 9.11. The summed E-state index contributed by atoms with van der Waals surface area (Å²) < 4.78 is 0. The molecule has 20 heavy (non-hydrogen) atoms. The van der Waals surface area contributed by atoms with Crippen LogP contribution in [0, 0.1) is 35.0 Å². The average molecular weight is 274 g/mol. The number of likely N-dealkylation sites (tertiary alicyclic amines) is 1. The summed E-state index contributed by atoms with van der Waals surface area (Å²) in [5.74, 6) is 5.44. The monoisotopic (exact) mass is 274 g/mol. The number of rotatable bonds is 2. The van der Waals surface area contributed by atoms with Crippen molar-refractivity contribution in [1.29, 1.82) is 0 Å². The summed E-state index contributed by atoms with van der Waals surface area (Å²) in [7, 11) is 0. The highest BCUT2D eigenvalue weighted by atomic mass is 15.2. The van der Waals surface area contributed by atoms with Crippen LogP contribution in [0.15, 0.2) is 0 Å². The van der Waals surface area contributed by atoms with Crippen molar-refractivity contribution in [3.8, 4) is 0 Å². The fraction of sp³-hybridized carbons (Fsp3) is 1.00. The number of hydrogen-bond acceptors (Lipinski definition) is 2. The molecule has 1 aliphatic heterocycles. The molecule has 1 unspecified atom stereocenters. The van der Waals surface area contributed by atoms with Crippen LogP contribution in [0.4, 0.5) is 0 Å². The molecule has 1 saturated heterocycles. The number of nitrogens with zero attached hydrogens (tertiary/aromatic N) is 1. The maximum absolute atomic E-state index is 6.47. The smallest absolute Gasteiger partial charge is 0.0237 e. The molecule has 0 amide bonds. The van der Waals surface area contributed by atoms with Gasteiger partial charge >= 0.3 is 0 Å². The predicted molar refractivity (Wildman–Crippen MR) is 81.2 cm³/mol. The fourth-order valence-corrected chi connectivity index (χ4v) is 7.03. The molecule has 6 rings (SSSR count). The lowest BCUT2D eigenvalue weighted by molar-refractivity contribution is -0.0485. The van der Waals surface area contributed by atoms with Crippen molar-refractivity contribution < 1.29 is 0 Å². The first kappa shape index (κ1) is 12.5. The highest BCUT2D eigenvalue weighted by Crippen LogP contribution is 2.57. The van der Waals surface area contributed by atoms with Crippen molar-refractivity contribution in [2.45, 2.75) is 57.4 Å². The van der Waals surface area contributed by atoms with Gasteiger partial charge in [0, 0.05) is 25.7 Å². The third-order valence-electron chi connectivity index (χ3n) is 8.02. The first-order valence-corrected chi connectivity index (χ1v) is 9.20. The van der Waals surface area contributed by atoms with Gasteiger partial charge in [0.15, 0.2) is 0 Å². The van der Waals surface area contributed by atoms with Gasteiger partial charge in [0.1, 0.15) is 0 Å². The van der Waals surface area contributed by atoms with E-state index in [-0.39, 0.29) is 0 Å². The van der Waals surface area contributed by atoms with E-state index in [1.54, 1.807) is 32.1 Å². The average Bonchev–Trinajstić information content (AvgIpc) is 2.70. The zero-order valence-corrected chi connectivity index (χ0v) is 12.8. The maximum atomic E-state index is 6.47. The van der Waals surface area contributed by atoms with Crippen LogP contribution in [0.5, 0.6) is 0 Å². The summed E-state index contributed by atoms with van der Waals surface area (Å²) >= 11 is 0. The van der Waals surface area contributed by atoms with Crippen LogP contribution >= 0.6 is 0 Å². The molecule has 0 radical (unpaired) electrons. The van der Waals surface area contributed by atoms with Gasteiger partial charge in [-0.3, -0.25) is 0 Å². The molecule has 0 aromatic heterocycles. The van der Waals surface area contributed by atoms with Gasteiger partial charge in [-0.1, -0.05) is 6.42 Å². The molecule has 0 aromatic rings. The van der Waals surface area contributed by atoms with Crippen LogP contribution in [0.1, 0.15) is 51.4 Å². The van der Waals surface area contributed by atoms with E-state index in [1.165, 1.54) is 38.9 Å². The lowest BCUT2D eigenvalue weighted by Gasteiger charge is -2.55. The molecule has 0 aromatic carbocycles. The molecule has 2 nitrogen and oxygen atoms in total. The second-order valence-electron chi connectivity index (χ2n) is 9.11. The summed E-state index contributed by atoms with van der Waals surface area (Å²) in [6, 6.07) is 0.480. The molecular weight excluding hydrogens is 244 g/mol. The lowest BCUT2D eigenvalue weighted by atomic mass is 9.52. The standard InChI is InChI=1S/C18H30N2/c19-17-10-20(11-18(17)2-1-3-18)9-16-14-5-12-4-13(7-14)8-15(16)6-12/h12-17H,1-11,19H2. The topological polar surface area (TPSA) is 29.3 Å². The SMILES string of the molecule is NC1CN(CC2C3CC4CC(C3)CC2C4)CC12CCC2. The van der Waals surface area contributed by atoms with E-state index in [1.807, 2.05) is 0 Å². The Bertz CT molecular complexity index is 372. The van der Waals surface area contributed by atoms with E-state index in [9.17, 15) is 0 Å². The van der Waals surface area contributed by atoms with Gasteiger partial charge in [0.25, 0.3) is 0 Å². The number of nitrogens with two attached hydrogens (primary N) is 1. The first-order valence-electron chi connectivity index (χ1n) is 9.20. The van der Waals surface area contributed by atoms with Gasteiger partial charge in [-0.15, -0.1) is 0 Å². The quantitative estimate of drug-likeness (QED) is 0.839. The van der Waals surface area contributed by atoms with Crippen LogP contribution in [0.2, 0.25) is 0 Å². The Balaban J connectivity index is 1.28. The maximum Gasteiger partial charge on any atom is 0.0237 e. The van der Waals surface area contributed by atoms with Crippen LogP contribution in [-0.2, 0) is 0 Å². The third-order valence-corrected chi connectivity index (χ3v) is 8.02. The molecule has 2 heteroatoms. The summed E-state index contributed by atoms with van der Waals surface area (Å²) in [6.07, 6.45) is 12.1. The molecule has 2 N–H and O–H groups in total. The second kappa shape index (κ2) is 4.23. The largest absolute Gasteiger partial charge is 0.326 e. The van der Waals surface area contributed by atoms with Crippen molar-refractivity contribution in [2.24, 2.45) is 40.7 Å². The molecular formula is C18H30N2. The normalized spacial score (nSPS) is 52.6. The Hall–Kier alpha value is -0.0800. The molecule has 112 valence electrons. The summed E-state index contributed by atoms with van der Waals surface area (Å²) in [5.41, 5.74) is 7.02. The van der Waals surface area contributed by atoms with E-state index in [0.717, 1.165) is 29.6 Å². The molecule has 1 atom stereocenters. The summed E-state index contributed by atoms with van der Waals surface area (Å²) in [6.45, 7) is 3.92. The van der Waals surface area contributed by atoms with Crippen molar-refractivity contribution in [1.82, 2.24) is 4.90 Å². The zero-order chi connectivity index (χ0) is 13.3. The minimum absolute atomic E-state index is 0.480. The Labute approximate surface area is 123 Å². The van der Waals surface area contributed by atoms with E-state index in [4.69, 9.17) is 5.73 Å². The van der Waals surface area contributed by atoms with Crippen molar-refractivity contribution in [3.05, 3.63) is 0 Å². The minimum atomic E-state index is 0.480. The summed E-state index contributed by atoms with van der Waals surface area (Å²) in [5, 5.41) is 0. The van der Waals surface area contributed by atoms with Crippen LogP contribution < -0.4 is 5.73 Å². The Kier molecular flexibility index (Phi) is 2.63. The van der Waals surface area contributed by atoms with Gasteiger partial charge in [0.05, 0.1) is 0 Å². The zero-order valence-electron chi connectivity index (χ0n) is 12.8. The van der Waals surface area contributed by atoms with Gasteiger partial charge in [-0.05, 0) is 80.0 Å². The van der Waals surface area contributed by atoms with E-state index in [2.05, 4.69) is 4.90 Å². The fourth-order valence-electron chi connectivity index (χ4n) is 7.03. The minimum Gasteiger partial charge on any atom is -0.326 e. The van der Waals surface area contributed by atoms with Gasteiger partial charge in [-0.2, -0.15) is 0 Å². The van der Waals surface area contributed by atoms with Gasteiger partial charge < -0.3 is 10.6 Å². The van der Waals surface area contributed by atoms with Crippen molar-refractivity contribution >= 4 is 0 Å². The lowest BCUT2D eigenvalue weighted by Crippen LogP contribution is -2.49. The molecule has 1 spiro atoms. The highest BCUT2D eigenvalue weighted by molar-refractivity contribution is 5.06. The van der Waals surface area contributed by atoms with Crippen LogP contribution in [0.3, 0.4) is 0 Å². The summed E-state index contributed by atoms with van der Waals surface area (Å²) in [4.78, 5) is 2.77. The Morgan fingerprint density at radius 2 is 1.60 bits per heavy atom. The van der Waals surface area contributed by atoms with Gasteiger partial charge in [-0.25, -0.2) is 0 Å². The molecule has 5 aliphatic carbocycles. The third kappa shape index (κ3) is 1.70. The molecule has 6 aliphatic rings. The molecule has 6 fully saturated rings. The predicted octanol–water partition coefficient (Wildman–Crippen LogP) is 2.87. The Morgan fingerprint density at radius 3 is 2.10 bits per heavy atom. The first-order chi connectivity index (χ1) is 9.72. The van der Waals surface area contributed by atoms with Crippen molar-refractivity contribution in [3.63, 3.8) is 0 Å². The van der Waals surface area contributed by atoms with E-state index in [0.29, 0.717) is 11.5 Å². The van der Waals surface area contributed by atoms with E-state index < -0.39 is 0 Å². The van der Waals surface area contributed by atoms with Gasteiger partial charge in [0.2, 0.25) is 0 Å². The molecule has 5 saturated carbocycles. The van der Waals surface area contributed by atoms with Crippen molar-refractivity contribution in [2.75, 3.05) is 19.6 Å². The molecule has 4 bridgehead atoms. The van der Waals surface area contributed by atoms with Crippen LogP contribution in [0.25, 0.3) is 0 Å². The highest BCUT2D eigenvalue weighted by Gasteiger charge is 2.52. The number of hydrogen-bond donors (Lipinski definition) is 1. The van der Waals surface area contributed by atoms with E-state index >= 15 is 0 Å². The Morgan fingerprint density at radius 1 is 0.950 bits per heavy atom. The van der Waals surface area contributed by atoms with Crippen LogP contribution in [-0.4, -0.2) is 30.6 Å². The molecule has 1 heterocycles.